The van der Waals surface area contributed by atoms with Crippen LogP contribution < -0.4 is 0 Å². The number of thiophene rings is 1. The maximum atomic E-state index is 5.36. The van der Waals surface area contributed by atoms with Gasteiger partial charge in [-0.3, -0.25) is 9.97 Å². The summed E-state index contributed by atoms with van der Waals surface area (Å²) in [6.07, 6.45) is 0. The van der Waals surface area contributed by atoms with Gasteiger partial charge in [-0.15, -0.1) is 59.7 Å². The maximum absolute atomic E-state index is 5.36. The molecule has 0 saturated heterocycles. The molecule has 3 aromatic heterocycles. The first-order valence-electron chi connectivity index (χ1n) is 13.2. The molecule has 0 aliphatic carbocycles. The van der Waals surface area contributed by atoms with Crippen molar-refractivity contribution in [3.05, 3.63) is 180 Å². The van der Waals surface area contributed by atoms with Crippen molar-refractivity contribution in [2.75, 3.05) is 0 Å². The summed E-state index contributed by atoms with van der Waals surface area (Å²) in [5.41, 5.74) is 6.96. The Morgan fingerprint density at radius 3 is 1.78 bits per heavy atom. The van der Waals surface area contributed by atoms with Gasteiger partial charge in [0.1, 0.15) is 5.41 Å². The van der Waals surface area contributed by atoms with Gasteiger partial charge in [-0.25, -0.2) is 0 Å². The van der Waals surface area contributed by atoms with E-state index >= 15 is 0 Å². The zero-order valence-corrected chi connectivity index (χ0v) is 25.1. The SMILES string of the molecule is [Pt+2].[c-]1ccccc1-c1cccc(C(c2ccccc2)(c2ccccc2)c2cccc(-c3[c-]cc4ccsc4c3)n2)n1. The van der Waals surface area contributed by atoms with Crippen LogP contribution in [-0.2, 0) is 26.5 Å². The van der Waals surface area contributed by atoms with Gasteiger partial charge in [-0.05, 0) is 44.7 Å². The van der Waals surface area contributed by atoms with Crippen LogP contribution in [0.25, 0.3) is 32.6 Å². The second-order valence-corrected chi connectivity index (χ2v) is 10.6. The number of benzene rings is 4. The van der Waals surface area contributed by atoms with Crippen molar-refractivity contribution in [1.82, 2.24) is 9.97 Å². The number of nitrogens with zero attached hydrogens (tertiary/aromatic N) is 2. The minimum atomic E-state index is -0.754. The maximum Gasteiger partial charge on any atom is 2.00 e. The van der Waals surface area contributed by atoms with Crippen LogP contribution in [-0.4, -0.2) is 9.97 Å². The van der Waals surface area contributed by atoms with E-state index in [0.29, 0.717) is 0 Å². The molecular weight excluding hydrogens is 700 g/mol. The summed E-state index contributed by atoms with van der Waals surface area (Å²) in [4.78, 5) is 10.7. The molecule has 41 heavy (non-hydrogen) atoms. The van der Waals surface area contributed by atoms with Crippen LogP contribution in [0.3, 0.4) is 0 Å². The van der Waals surface area contributed by atoms with Gasteiger partial charge >= 0.3 is 21.1 Å². The van der Waals surface area contributed by atoms with Crippen molar-refractivity contribution in [2.45, 2.75) is 5.41 Å². The van der Waals surface area contributed by atoms with E-state index < -0.39 is 5.41 Å². The standard InChI is InChI=1S/C37H24N2S.Pt/c1-4-12-27(13-5-1)32-18-10-20-35(38-32)37(30-14-6-2-7-15-30,31-16-8-3-9-17-31)36-21-11-19-33(39-36)29-23-22-28-24-25-40-34(28)26-29;/h1-12,14-22,24-26H;/q-2;+2. The minimum absolute atomic E-state index is 0. The fourth-order valence-electron chi connectivity index (χ4n) is 5.45. The van der Waals surface area contributed by atoms with E-state index in [2.05, 4.69) is 127 Å². The van der Waals surface area contributed by atoms with Crippen molar-refractivity contribution in [3.63, 3.8) is 0 Å². The Hall–Kier alpha value is -4.17. The van der Waals surface area contributed by atoms with Gasteiger partial charge in [0.15, 0.2) is 0 Å². The molecule has 0 atom stereocenters. The summed E-state index contributed by atoms with van der Waals surface area (Å²) in [5, 5.41) is 3.32. The summed E-state index contributed by atoms with van der Waals surface area (Å²) in [6.45, 7) is 0. The molecule has 2 nitrogen and oxygen atoms in total. The Labute approximate surface area is 258 Å². The first-order valence-corrected chi connectivity index (χ1v) is 14.1. The molecule has 0 spiro atoms. The van der Waals surface area contributed by atoms with Crippen LogP contribution in [0.1, 0.15) is 22.5 Å². The molecule has 0 aliphatic heterocycles. The molecular formula is C37H24N2PtS. The fourth-order valence-corrected chi connectivity index (χ4v) is 6.26. The predicted octanol–water partition coefficient (Wildman–Crippen LogP) is 9.01. The number of pyridine rings is 2. The van der Waals surface area contributed by atoms with Gasteiger partial charge in [-0.2, -0.15) is 11.3 Å². The third-order valence-electron chi connectivity index (χ3n) is 7.33. The van der Waals surface area contributed by atoms with Crippen molar-refractivity contribution < 1.29 is 21.1 Å². The van der Waals surface area contributed by atoms with E-state index in [1.54, 1.807) is 11.3 Å². The third-order valence-corrected chi connectivity index (χ3v) is 8.21. The molecule has 0 radical (unpaired) electrons. The number of aromatic nitrogens is 2. The molecule has 3 heterocycles. The normalized spacial score (nSPS) is 11.2. The smallest absolute Gasteiger partial charge is 0.300 e. The second kappa shape index (κ2) is 11.7. The van der Waals surface area contributed by atoms with Crippen LogP contribution in [0, 0.1) is 12.1 Å². The quantitative estimate of drug-likeness (QED) is 0.160. The van der Waals surface area contributed by atoms with E-state index in [1.165, 1.54) is 10.1 Å². The molecule has 7 aromatic rings. The Morgan fingerprint density at radius 1 is 0.561 bits per heavy atom. The average molecular weight is 724 g/mol. The first kappa shape index (κ1) is 27.0. The van der Waals surface area contributed by atoms with Crippen molar-refractivity contribution in [1.29, 1.82) is 0 Å². The van der Waals surface area contributed by atoms with E-state index in [9.17, 15) is 0 Å². The number of fused-ring (bicyclic) bond motifs is 1. The van der Waals surface area contributed by atoms with Gasteiger partial charge in [0.05, 0.1) is 11.4 Å². The molecule has 198 valence electrons. The Bertz CT molecular complexity index is 1860. The van der Waals surface area contributed by atoms with Gasteiger partial charge < -0.3 is 0 Å². The summed E-state index contributed by atoms with van der Waals surface area (Å²) in [5.74, 6) is 0. The Morgan fingerprint density at radius 2 is 1.17 bits per heavy atom. The van der Waals surface area contributed by atoms with Crippen molar-refractivity contribution in [2.24, 2.45) is 0 Å². The molecule has 0 bridgehead atoms. The Balaban J connectivity index is 0.00000302. The molecule has 0 amide bonds. The third kappa shape index (κ3) is 4.97. The zero-order valence-electron chi connectivity index (χ0n) is 22.0. The summed E-state index contributed by atoms with van der Waals surface area (Å²) < 4.78 is 1.23. The monoisotopic (exact) mass is 723 g/mol. The van der Waals surface area contributed by atoms with E-state index in [1.807, 2.05) is 30.3 Å². The molecule has 0 fully saturated rings. The topological polar surface area (TPSA) is 25.8 Å². The van der Waals surface area contributed by atoms with E-state index in [4.69, 9.17) is 9.97 Å². The van der Waals surface area contributed by atoms with Crippen LogP contribution in [0.4, 0.5) is 0 Å². The predicted molar refractivity (Wildman–Crippen MR) is 164 cm³/mol. The Kier molecular flexibility index (Phi) is 7.74. The minimum Gasteiger partial charge on any atom is -0.300 e. The zero-order chi connectivity index (χ0) is 26.8. The van der Waals surface area contributed by atoms with E-state index in [0.717, 1.165) is 45.0 Å². The van der Waals surface area contributed by atoms with Crippen LogP contribution >= 0.6 is 11.3 Å². The van der Waals surface area contributed by atoms with Crippen molar-refractivity contribution >= 4 is 21.4 Å². The number of hydrogen-bond donors (Lipinski definition) is 0. The summed E-state index contributed by atoms with van der Waals surface area (Å²) in [7, 11) is 0. The van der Waals surface area contributed by atoms with Crippen molar-refractivity contribution in [3.8, 4) is 22.5 Å². The van der Waals surface area contributed by atoms with Gasteiger partial charge in [-0.1, -0.05) is 96.4 Å². The van der Waals surface area contributed by atoms with Crippen LogP contribution in [0.5, 0.6) is 0 Å². The van der Waals surface area contributed by atoms with Gasteiger partial charge in [0.2, 0.25) is 0 Å². The number of hydrogen-bond acceptors (Lipinski definition) is 3. The van der Waals surface area contributed by atoms with E-state index in [-0.39, 0.29) is 21.1 Å². The molecule has 0 aliphatic rings. The van der Waals surface area contributed by atoms with Gasteiger partial charge in [0, 0.05) is 0 Å². The first-order chi connectivity index (χ1) is 19.8. The average Bonchev–Trinajstić information content (AvgIpc) is 3.52. The van der Waals surface area contributed by atoms with Gasteiger partial charge in [0.25, 0.3) is 0 Å². The molecule has 4 heteroatoms. The summed E-state index contributed by atoms with van der Waals surface area (Å²) in [6, 6.07) is 54.8. The van der Waals surface area contributed by atoms with Crippen LogP contribution in [0.2, 0.25) is 0 Å². The largest absolute Gasteiger partial charge is 2.00 e. The fraction of sp³-hybridized carbons (Fsp3) is 0.0270. The second-order valence-electron chi connectivity index (χ2n) is 9.66. The molecule has 0 N–H and O–H groups in total. The summed E-state index contributed by atoms with van der Waals surface area (Å²) >= 11 is 1.74. The molecule has 0 saturated carbocycles. The molecule has 0 unspecified atom stereocenters. The molecule has 4 aromatic carbocycles. The number of rotatable bonds is 6. The van der Waals surface area contributed by atoms with Crippen LogP contribution in [0.15, 0.2) is 145 Å². The molecule has 7 rings (SSSR count).